The highest BCUT2D eigenvalue weighted by atomic mass is 16.5. The maximum Gasteiger partial charge on any atom is 0.375 e. The van der Waals surface area contributed by atoms with Gasteiger partial charge in [-0.25, -0.2) is 4.79 Å². The normalized spacial score (nSPS) is 14.2. The van der Waals surface area contributed by atoms with Crippen LogP contribution >= 0.6 is 0 Å². The van der Waals surface area contributed by atoms with Crippen molar-refractivity contribution in [1.82, 2.24) is 9.47 Å². The summed E-state index contributed by atoms with van der Waals surface area (Å²) in [6, 6.07) is 7.57. The lowest BCUT2D eigenvalue weighted by molar-refractivity contribution is -0.154. The monoisotopic (exact) mass is 412 g/mol. The number of carbonyl (C=O) groups is 4. The van der Waals surface area contributed by atoms with Crippen LogP contribution in [0, 0.1) is 0 Å². The fraction of sp³-hybridized carbons (Fsp3) is 0.364. The Morgan fingerprint density at radius 1 is 1.13 bits per heavy atom. The number of esters is 1. The zero-order valence-corrected chi connectivity index (χ0v) is 16.8. The Bertz CT molecular complexity index is 985. The SMILES string of the molecule is CCOC(=O)C(=O)CC(=O)/C=C/c1cn(CC(=O)N2CCOCC2)c2ccccc12. The number of para-hydroxylation sites is 1. The maximum atomic E-state index is 12.6. The van der Waals surface area contributed by atoms with Gasteiger partial charge in [0.1, 0.15) is 6.54 Å². The highest BCUT2D eigenvalue weighted by Gasteiger charge is 2.19. The molecule has 1 aliphatic rings. The van der Waals surface area contributed by atoms with Crippen molar-refractivity contribution < 1.29 is 28.7 Å². The highest BCUT2D eigenvalue weighted by Crippen LogP contribution is 2.23. The van der Waals surface area contributed by atoms with Crippen LogP contribution in [0.1, 0.15) is 18.9 Å². The smallest absolute Gasteiger partial charge is 0.375 e. The predicted octanol–water partition coefficient (Wildman–Crippen LogP) is 1.60. The van der Waals surface area contributed by atoms with E-state index in [4.69, 9.17) is 4.74 Å². The second kappa shape index (κ2) is 9.98. The van der Waals surface area contributed by atoms with Crippen LogP contribution in [0.2, 0.25) is 0 Å². The molecule has 0 saturated carbocycles. The summed E-state index contributed by atoms with van der Waals surface area (Å²) in [7, 11) is 0. The number of hydrogen-bond donors (Lipinski definition) is 0. The van der Waals surface area contributed by atoms with Gasteiger partial charge in [-0.1, -0.05) is 18.2 Å². The van der Waals surface area contributed by atoms with E-state index in [1.807, 2.05) is 28.8 Å². The first kappa shape index (κ1) is 21.4. The number of carbonyl (C=O) groups excluding carboxylic acids is 4. The number of aromatic nitrogens is 1. The lowest BCUT2D eigenvalue weighted by Gasteiger charge is -2.27. The summed E-state index contributed by atoms with van der Waals surface area (Å²) in [5.74, 6) is -2.36. The van der Waals surface area contributed by atoms with Gasteiger partial charge in [0.25, 0.3) is 0 Å². The van der Waals surface area contributed by atoms with Gasteiger partial charge in [0.15, 0.2) is 5.78 Å². The molecule has 8 heteroatoms. The van der Waals surface area contributed by atoms with Crippen LogP contribution in [0.4, 0.5) is 0 Å². The fourth-order valence-electron chi connectivity index (χ4n) is 3.28. The molecule has 30 heavy (non-hydrogen) atoms. The molecule has 1 aromatic carbocycles. The Hall–Kier alpha value is -3.26. The minimum absolute atomic E-state index is 0.00527. The third-order valence-corrected chi connectivity index (χ3v) is 4.78. The molecule has 2 heterocycles. The van der Waals surface area contributed by atoms with Crippen molar-refractivity contribution in [2.75, 3.05) is 32.9 Å². The molecule has 1 amide bonds. The second-order valence-corrected chi connectivity index (χ2v) is 6.84. The minimum atomic E-state index is -1.00. The van der Waals surface area contributed by atoms with E-state index >= 15 is 0 Å². The summed E-state index contributed by atoms with van der Waals surface area (Å²) in [4.78, 5) is 49.5. The Balaban J connectivity index is 1.74. The van der Waals surface area contributed by atoms with Crippen molar-refractivity contribution in [1.29, 1.82) is 0 Å². The summed E-state index contributed by atoms with van der Waals surface area (Å²) >= 11 is 0. The van der Waals surface area contributed by atoms with Gasteiger partial charge in [0, 0.05) is 35.8 Å². The lowest BCUT2D eigenvalue weighted by Crippen LogP contribution is -2.42. The first-order valence-corrected chi connectivity index (χ1v) is 9.84. The summed E-state index contributed by atoms with van der Waals surface area (Å²) < 4.78 is 11.7. The molecule has 0 aliphatic carbocycles. The predicted molar refractivity (Wildman–Crippen MR) is 110 cm³/mol. The van der Waals surface area contributed by atoms with Gasteiger partial charge >= 0.3 is 5.97 Å². The zero-order chi connectivity index (χ0) is 21.5. The minimum Gasteiger partial charge on any atom is -0.460 e. The van der Waals surface area contributed by atoms with E-state index in [0.29, 0.717) is 26.3 Å². The van der Waals surface area contributed by atoms with Crippen LogP contribution in [-0.2, 0) is 35.2 Å². The Morgan fingerprint density at radius 2 is 1.87 bits per heavy atom. The molecule has 0 spiro atoms. The second-order valence-electron chi connectivity index (χ2n) is 6.84. The number of hydrogen-bond acceptors (Lipinski definition) is 6. The van der Waals surface area contributed by atoms with Gasteiger partial charge in [0.2, 0.25) is 11.7 Å². The number of nitrogens with zero attached hydrogens (tertiary/aromatic N) is 2. The topological polar surface area (TPSA) is 94.9 Å². The largest absolute Gasteiger partial charge is 0.460 e. The molecule has 1 saturated heterocycles. The number of ether oxygens (including phenoxy) is 2. The van der Waals surface area contributed by atoms with Gasteiger partial charge in [-0.2, -0.15) is 0 Å². The third kappa shape index (κ3) is 5.21. The molecule has 1 aromatic heterocycles. The van der Waals surface area contributed by atoms with Crippen LogP contribution < -0.4 is 0 Å². The average Bonchev–Trinajstić information content (AvgIpc) is 3.10. The Labute approximate surface area is 174 Å². The summed E-state index contributed by atoms with van der Waals surface area (Å²) in [6.45, 7) is 4.09. The quantitative estimate of drug-likeness (QED) is 0.283. The van der Waals surface area contributed by atoms with E-state index in [-0.39, 0.29) is 19.1 Å². The molecular weight excluding hydrogens is 388 g/mol. The third-order valence-electron chi connectivity index (χ3n) is 4.78. The average molecular weight is 412 g/mol. The van der Waals surface area contributed by atoms with Crippen molar-refractivity contribution in [3.8, 4) is 0 Å². The molecule has 158 valence electrons. The molecule has 3 rings (SSSR count). The molecule has 0 unspecified atom stereocenters. The van der Waals surface area contributed by atoms with Crippen molar-refractivity contribution in [2.24, 2.45) is 0 Å². The van der Waals surface area contributed by atoms with E-state index in [1.54, 1.807) is 24.1 Å². The number of morpholine rings is 1. The molecule has 2 aromatic rings. The first-order valence-electron chi connectivity index (χ1n) is 9.84. The summed E-state index contributed by atoms with van der Waals surface area (Å²) in [5.41, 5.74) is 1.62. The Kier molecular flexibility index (Phi) is 7.13. The fourth-order valence-corrected chi connectivity index (χ4v) is 3.28. The molecule has 0 N–H and O–H groups in total. The number of benzene rings is 1. The molecule has 0 bridgehead atoms. The van der Waals surface area contributed by atoms with Gasteiger partial charge in [-0.05, 0) is 25.1 Å². The van der Waals surface area contributed by atoms with Crippen LogP contribution in [0.15, 0.2) is 36.5 Å². The molecule has 8 nitrogen and oxygen atoms in total. The van der Waals surface area contributed by atoms with Gasteiger partial charge in [-0.15, -0.1) is 0 Å². The number of Topliss-reactive ketones (excluding diaryl/α,β-unsaturated/α-hetero) is 1. The summed E-state index contributed by atoms with van der Waals surface area (Å²) in [5, 5.41) is 0.882. The number of rotatable bonds is 8. The molecule has 0 atom stereocenters. The Morgan fingerprint density at radius 3 is 2.60 bits per heavy atom. The van der Waals surface area contributed by atoms with E-state index in [2.05, 4.69) is 4.74 Å². The van der Waals surface area contributed by atoms with Crippen LogP contribution in [0.5, 0.6) is 0 Å². The van der Waals surface area contributed by atoms with Gasteiger partial charge in [0.05, 0.1) is 26.2 Å². The zero-order valence-electron chi connectivity index (χ0n) is 16.8. The van der Waals surface area contributed by atoms with E-state index in [9.17, 15) is 19.2 Å². The molecular formula is C22H24N2O6. The van der Waals surface area contributed by atoms with Crippen molar-refractivity contribution >= 4 is 40.4 Å². The standard InChI is InChI=1S/C22H24N2O6/c1-2-30-22(28)20(26)13-17(25)8-7-16-14-24(19-6-4-3-5-18(16)19)15-21(27)23-9-11-29-12-10-23/h3-8,14H,2,9-13,15H2,1H3/b8-7+. The van der Waals surface area contributed by atoms with Crippen LogP contribution in [-0.4, -0.2) is 65.8 Å². The summed E-state index contributed by atoms with van der Waals surface area (Å²) in [6.07, 6.45) is 4.13. The van der Waals surface area contributed by atoms with E-state index in [1.165, 1.54) is 6.08 Å². The number of amides is 1. The number of ketones is 2. The van der Waals surface area contributed by atoms with Crippen molar-refractivity contribution in [2.45, 2.75) is 19.9 Å². The van der Waals surface area contributed by atoms with Crippen LogP contribution in [0.25, 0.3) is 17.0 Å². The molecule has 0 radical (unpaired) electrons. The van der Waals surface area contributed by atoms with E-state index < -0.39 is 24.0 Å². The van der Waals surface area contributed by atoms with Crippen LogP contribution in [0.3, 0.4) is 0 Å². The van der Waals surface area contributed by atoms with Crippen molar-refractivity contribution in [3.05, 3.63) is 42.1 Å². The lowest BCUT2D eigenvalue weighted by atomic mass is 10.1. The maximum absolute atomic E-state index is 12.6. The first-order chi connectivity index (χ1) is 14.5. The number of fused-ring (bicyclic) bond motifs is 1. The van der Waals surface area contributed by atoms with Gasteiger partial charge in [-0.3, -0.25) is 14.4 Å². The molecule has 1 aliphatic heterocycles. The van der Waals surface area contributed by atoms with E-state index in [0.717, 1.165) is 16.5 Å². The highest BCUT2D eigenvalue weighted by molar-refractivity contribution is 6.37. The molecule has 1 fully saturated rings. The van der Waals surface area contributed by atoms with Gasteiger partial charge < -0.3 is 18.9 Å². The number of allylic oxidation sites excluding steroid dienone is 1. The van der Waals surface area contributed by atoms with Crippen molar-refractivity contribution in [3.63, 3.8) is 0 Å².